The van der Waals surface area contributed by atoms with E-state index in [4.69, 9.17) is 4.42 Å². The van der Waals surface area contributed by atoms with Gasteiger partial charge in [0, 0.05) is 38.4 Å². The number of hydrogen-bond acceptors (Lipinski definition) is 5. The van der Waals surface area contributed by atoms with E-state index in [9.17, 15) is 4.79 Å². The number of hydrogen-bond donors (Lipinski definition) is 1. The van der Waals surface area contributed by atoms with Crippen LogP contribution in [0.1, 0.15) is 33.2 Å². The topological polar surface area (TPSA) is 75.7 Å². The van der Waals surface area contributed by atoms with Gasteiger partial charge in [0.1, 0.15) is 11.9 Å². The van der Waals surface area contributed by atoms with E-state index < -0.39 is 0 Å². The van der Waals surface area contributed by atoms with Crippen LogP contribution in [-0.2, 0) is 25.9 Å². The van der Waals surface area contributed by atoms with Gasteiger partial charge in [-0.05, 0) is 29.7 Å². The molecule has 1 aliphatic rings. The quantitative estimate of drug-likeness (QED) is 0.538. The van der Waals surface area contributed by atoms with E-state index in [0.29, 0.717) is 31.1 Å². The lowest BCUT2D eigenvalue weighted by molar-refractivity contribution is 0.0949. The summed E-state index contributed by atoms with van der Waals surface area (Å²) in [4.78, 5) is 23.6. The molecule has 0 aliphatic carbocycles. The number of pyridine rings is 1. The molecule has 1 amide bonds. The lowest BCUT2D eigenvalue weighted by atomic mass is 10.00. The SMILES string of the molecule is O=C(NCCc1cn2ccccc2n1)c1coc(CN2CCc3ccccc3C2)n1. The summed E-state index contributed by atoms with van der Waals surface area (Å²) in [5, 5.41) is 2.90. The van der Waals surface area contributed by atoms with Crippen LogP contribution in [0.3, 0.4) is 0 Å². The third kappa shape index (κ3) is 3.97. The maximum atomic E-state index is 12.4. The Hall–Kier alpha value is -3.45. The Morgan fingerprint density at radius 3 is 2.87 bits per heavy atom. The summed E-state index contributed by atoms with van der Waals surface area (Å²) < 4.78 is 7.52. The largest absolute Gasteiger partial charge is 0.447 e. The Balaban J connectivity index is 1.14. The molecule has 0 spiro atoms. The fourth-order valence-corrected chi connectivity index (χ4v) is 3.87. The van der Waals surface area contributed by atoms with Crippen molar-refractivity contribution in [3.05, 3.63) is 89.5 Å². The van der Waals surface area contributed by atoms with E-state index >= 15 is 0 Å². The number of fused-ring (bicyclic) bond motifs is 2. The molecule has 0 saturated carbocycles. The number of carbonyl (C=O) groups is 1. The van der Waals surface area contributed by atoms with Crippen molar-refractivity contribution in [3.8, 4) is 0 Å². The number of imidazole rings is 1. The van der Waals surface area contributed by atoms with Crippen molar-refractivity contribution in [1.29, 1.82) is 0 Å². The monoisotopic (exact) mass is 401 g/mol. The molecule has 0 atom stereocenters. The number of oxazole rings is 1. The number of carbonyl (C=O) groups excluding carboxylic acids is 1. The van der Waals surface area contributed by atoms with Gasteiger partial charge in [0.25, 0.3) is 5.91 Å². The van der Waals surface area contributed by atoms with Crippen molar-refractivity contribution in [1.82, 2.24) is 24.6 Å². The van der Waals surface area contributed by atoms with Crippen LogP contribution in [0.25, 0.3) is 5.65 Å². The number of nitrogens with zero attached hydrogens (tertiary/aromatic N) is 4. The Labute approximate surface area is 174 Å². The van der Waals surface area contributed by atoms with E-state index in [2.05, 4.69) is 44.5 Å². The summed E-state index contributed by atoms with van der Waals surface area (Å²) in [6.45, 7) is 2.93. The highest BCUT2D eigenvalue weighted by atomic mass is 16.3. The predicted molar refractivity (Wildman–Crippen MR) is 112 cm³/mol. The number of aromatic nitrogens is 3. The van der Waals surface area contributed by atoms with Crippen molar-refractivity contribution in [2.75, 3.05) is 13.1 Å². The van der Waals surface area contributed by atoms with Crippen LogP contribution in [-0.4, -0.2) is 38.3 Å². The fourth-order valence-electron chi connectivity index (χ4n) is 3.87. The molecular formula is C23H23N5O2. The summed E-state index contributed by atoms with van der Waals surface area (Å²) in [5.74, 6) is 0.345. The molecule has 0 fully saturated rings. The van der Waals surface area contributed by atoms with Crippen LogP contribution < -0.4 is 5.32 Å². The smallest absolute Gasteiger partial charge is 0.273 e. The normalized spacial score (nSPS) is 14.0. The highest BCUT2D eigenvalue weighted by Gasteiger charge is 2.19. The molecule has 3 aromatic heterocycles. The maximum Gasteiger partial charge on any atom is 0.273 e. The predicted octanol–water partition coefficient (Wildman–Crippen LogP) is 2.85. The van der Waals surface area contributed by atoms with Gasteiger partial charge in [-0.2, -0.15) is 0 Å². The van der Waals surface area contributed by atoms with E-state index in [-0.39, 0.29) is 5.91 Å². The molecule has 152 valence electrons. The molecule has 5 rings (SSSR count). The summed E-state index contributed by atoms with van der Waals surface area (Å²) in [5.41, 5.74) is 4.91. The molecule has 1 N–H and O–H groups in total. The average molecular weight is 401 g/mol. The molecule has 4 heterocycles. The second-order valence-corrected chi connectivity index (χ2v) is 7.56. The van der Waals surface area contributed by atoms with Gasteiger partial charge < -0.3 is 14.1 Å². The summed E-state index contributed by atoms with van der Waals surface area (Å²) in [7, 11) is 0. The first-order valence-electron chi connectivity index (χ1n) is 10.2. The first kappa shape index (κ1) is 18.6. The summed E-state index contributed by atoms with van der Waals surface area (Å²) >= 11 is 0. The van der Waals surface area contributed by atoms with Gasteiger partial charge in [-0.15, -0.1) is 0 Å². The summed E-state index contributed by atoms with van der Waals surface area (Å²) in [6.07, 6.45) is 7.06. The fraction of sp³-hybridized carbons (Fsp3) is 0.261. The molecule has 7 heteroatoms. The summed E-state index contributed by atoms with van der Waals surface area (Å²) in [6, 6.07) is 14.4. The minimum Gasteiger partial charge on any atom is -0.447 e. The van der Waals surface area contributed by atoms with E-state index in [1.807, 2.05) is 35.0 Å². The number of amides is 1. The van der Waals surface area contributed by atoms with Gasteiger partial charge >= 0.3 is 0 Å². The minimum atomic E-state index is -0.224. The third-order valence-corrected chi connectivity index (χ3v) is 5.43. The molecule has 30 heavy (non-hydrogen) atoms. The first-order chi connectivity index (χ1) is 14.7. The van der Waals surface area contributed by atoms with Crippen molar-refractivity contribution >= 4 is 11.6 Å². The molecule has 0 saturated heterocycles. The lowest BCUT2D eigenvalue weighted by Crippen LogP contribution is -2.30. The van der Waals surface area contributed by atoms with Crippen molar-refractivity contribution in [2.24, 2.45) is 0 Å². The van der Waals surface area contributed by atoms with Crippen LogP contribution in [0.15, 0.2) is 65.5 Å². The number of nitrogens with one attached hydrogen (secondary N) is 1. The van der Waals surface area contributed by atoms with Gasteiger partial charge in [-0.25, -0.2) is 9.97 Å². The van der Waals surface area contributed by atoms with Crippen molar-refractivity contribution in [3.63, 3.8) is 0 Å². The zero-order valence-electron chi connectivity index (χ0n) is 16.6. The molecule has 1 aliphatic heterocycles. The van der Waals surface area contributed by atoms with Crippen LogP contribution in [0.5, 0.6) is 0 Å². The van der Waals surface area contributed by atoms with E-state index in [1.165, 1.54) is 17.4 Å². The van der Waals surface area contributed by atoms with Gasteiger partial charge in [0.15, 0.2) is 5.69 Å². The Morgan fingerprint density at radius 1 is 1.10 bits per heavy atom. The molecule has 7 nitrogen and oxygen atoms in total. The highest BCUT2D eigenvalue weighted by Crippen LogP contribution is 2.20. The number of benzene rings is 1. The Morgan fingerprint density at radius 2 is 1.97 bits per heavy atom. The Bertz CT molecular complexity index is 1150. The van der Waals surface area contributed by atoms with Crippen molar-refractivity contribution in [2.45, 2.75) is 25.9 Å². The highest BCUT2D eigenvalue weighted by molar-refractivity contribution is 5.91. The molecule has 0 bridgehead atoms. The van der Waals surface area contributed by atoms with Gasteiger partial charge in [-0.1, -0.05) is 30.3 Å². The minimum absolute atomic E-state index is 0.224. The molecule has 0 radical (unpaired) electrons. The second kappa shape index (κ2) is 8.12. The second-order valence-electron chi connectivity index (χ2n) is 7.56. The number of rotatable bonds is 6. The first-order valence-corrected chi connectivity index (χ1v) is 10.2. The van der Waals surface area contributed by atoms with Gasteiger partial charge in [0.05, 0.1) is 12.2 Å². The van der Waals surface area contributed by atoms with Crippen LogP contribution in [0, 0.1) is 0 Å². The molecule has 1 aromatic carbocycles. The van der Waals surface area contributed by atoms with Gasteiger partial charge in [0.2, 0.25) is 5.89 Å². The zero-order chi connectivity index (χ0) is 20.3. The Kier molecular flexibility index (Phi) is 5.03. The zero-order valence-corrected chi connectivity index (χ0v) is 16.6. The molecule has 0 unspecified atom stereocenters. The standard InChI is InChI=1S/C23H23N5O2/c29-23(24-10-8-19-14-28-11-4-3-7-21(28)25-19)20-16-30-22(26-20)15-27-12-9-17-5-1-2-6-18(17)13-27/h1-7,11,14,16H,8-10,12-13,15H2,(H,24,29). The van der Waals surface area contributed by atoms with Crippen LogP contribution in [0.2, 0.25) is 0 Å². The van der Waals surface area contributed by atoms with E-state index in [0.717, 1.165) is 30.9 Å². The maximum absolute atomic E-state index is 12.4. The van der Waals surface area contributed by atoms with Crippen LogP contribution in [0.4, 0.5) is 0 Å². The lowest BCUT2D eigenvalue weighted by Gasteiger charge is -2.27. The van der Waals surface area contributed by atoms with E-state index in [1.54, 1.807) is 0 Å². The average Bonchev–Trinajstić information content (AvgIpc) is 3.40. The van der Waals surface area contributed by atoms with Crippen molar-refractivity contribution < 1.29 is 9.21 Å². The molecular weight excluding hydrogens is 378 g/mol. The molecule has 4 aromatic rings. The van der Waals surface area contributed by atoms with Crippen LogP contribution >= 0.6 is 0 Å². The third-order valence-electron chi connectivity index (χ3n) is 5.43. The van der Waals surface area contributed by atoms with Gasteiger partial charge in [-0.3, -0.25) is 9.69 Å².